The van der Waals surface area contributed by atoms with Gasteiger partial charge in [0, 0.05) is 25.7 Å². The number of hydrogen-bond donors (Lipinski definition) is 0. The lowest BCUT2D eigenvalue weighted by Crippen LogP contribution is -1.96. The van der Waals surface area contributed by atoms with Crippen molar-refractivity contribution >= 4 is 91.4 Å². The summed E-state index contributed by atoms with van der Waals surface area (Å²) in [6.07, 6.45) is 6.22. The molecule has 290 valence electrons. The van der Waals surface area contributed by atoms with Crippen molar-refractivity contribution in [2.45, 2.75) is 6.92 Å². The van der Waals surface area contributed by atoms with Crippen LogP contribution in [-0.2, 0) is 0 Å². The number of hydrogen-bond acceptors (Lipinski definition) is 1. The maximum Gasteiger partial charge on any atom is 0.0434 e. The van der Waals surface area contributed by atoms with Gasteiger partial charge in [-0.15, -0.1) is 11.3 Å². The van der Waals surface area contributed by atoms with E-state index in [0.717, 1.165) is 0 Å². The quantitative estimate of drug-likeness (QED) is 0.116. The van der Waals surface area contributed by atoms with Gasteiger partial charge in [-0.05, 0) is 129 Å². The van der Waals surface area contributed by atoms with E-state index in [2.05, 4.69) is 220 Å². The van der Waals surface area contributed by atoms with E-state index in [-0.39, 0.29) is 0 Å². The zero-order chi connectivity index (χ0) is 41.3. The fraction of sp³-hybridized carbons (Fsp3) is 0.0164. The van der Waals surface area contributed by atoms with Crippen LogP contribution in [0.3, 0.4) is 0 Å². The van der Waals surface area contributed by atoms with E-state index in [1.807, 2.05) is 17.4 Å². The Morgan fingerprint density at radius 2 is 0.871 bits per heavy atom. The molecule has 0 aliphatic carbocycles. The zero-order valence-electron chi connectivity index (χ0n) is 34.3. The smallest absolute Gasteiger partial charge is 0.0434 e. The molecule has 0 fully saturated rings. The van der Waals surface area contributed by atoms with Crippen molar-refractivity contribution in [1.29, 1.82) is 0 Å². The van der Waals surface area contributed by atoms with E-state index in [0.29, 0.717) is 0 Å². The summed E-state index contributed by atoms with van der Waals surface area (Å²) in [6.45, 7) is 6.38. The Kier molecular flexibility index (Phi) is 8.52. The molecule has 0 radical (unpaired) electrons. The van der Waals surface area contributed by atoms with Crippen molar-refractivity contribution < 1.29 is 0 Å². The van der Waals surface area contributed by atoms with Crippen molar-refractivity contribution in [2.75, 3.05) is 0 Å². The highest BCUT2D eigenvalue weighted by atomic mass is 32.1. The van der Waals surface area contributed by atoms with Gasteiger partial charge in [-0.2, -0.15) is 0 Å². The maximum absolute atomic E-state index is 4.07. The summed E-state index contributed by atoms with van der Waals surface area (Å²) in [4.78, 5) is 0. The molecule has 12 rings (SSSR count). The average molecular weight is 805 g/mol. The van der Waals surface area contributed by atoms with Crippen LogP contribution in [0.25, 0.3) is 125 Å². The standard InChI is InChI=1S/C61H40S/c1-3-4-21-45-38(2)56(46-22-9-10-23-47(46)57(45)43-34-32-39-17-5-7-19-41(39)36-43)53-29-15-30-54-60-52(28-16-31-55(60)62-61(53)54)59-50-26-13-11-24-48(50)58(49-25-12-14-27-51(49)59)44-35-33-40-18-6-8-20-42(40)37-44/h3-37H,1H2,2H3/b21-4-. The van der Waals surface area contributed by atoms with E-state index >= 15 is 0 Å². The molecule has 0 N–H and O–H groups in total. The maximum atomic E-state index is 4.07. The largest absolute Gasteiger partial charge is 0.135 e. The van der Waals surface area contributed by atoms with Crippen molar-refractivity contribution in [3.05, 3.63) is 224 Å². The Morgan fingerprint density at radius 3 is 1.47 bits per heavy atom. The fourth-order valence-corrected chi connectivity index (χ4v) is 11.5. The van der Waals surface area contributed by atoms with Crippen LogP contribution in [0.4, 0.5) is 0 Å². The van der Waals surface area contributed by atoms with Gasteiger partial charge < -0.3 is 0 Å². The Hall–Kier alpha value is -7.58. The minimum atomic E-state index is 1.22. The topological polar surface area (TPSA) is 0 Å². The second-order valence-electron chi connectivity index (χ2n) is 16.4. The summed E-state index contributed by atoms with van der Waals surface area (Å²) in [5.74, 6) is 0. The third kappa shape index (κ3) is 5.59. The first-order chi connectivity index (χ1) is 30.7. The highest BCUT2D eigenvalue weighted by Gasteiger charge is 2.23. The van der Waals surface area contributed by atoms with E-state index in [1.54, 1.807) is 0 Å². The van der Waals surface area contributed by atoms with Gasteiger partial charge in [-0.3, -0.25) is 0 Å². The molecule has 0 saturated heterocycles. The van der Waals surface area contributed by atoms with Crippen LogP contribution in [0.1, 0.15) is 11.1 Å². The molecule has 0 bridgehead atoms. The Balaban J connectivity index is 1.13. The van der Waals surface area contributed by atoms with E-state index in [1.165, 1.54) is 130 Å². The molecule has 0 spiro atoms. The monoisotopic (exact) mass is 804 g/mol. The number of rotatable bonds is 6. The van der Waals surface area contributed by atoms with Gasteiger partial charge in [-0.25, -0.2) is 0 Å². The molecule has 12 aromatic rings. The minimum Gasteiger partial charge on any atom is -0.135 e. The highest BCUT2D eigenvalue weighted by Crippen LogP contribution is 2.51. The van der Waals surface area contributed by atoms with E-state index < -0.39 is 0 Å². The Labute approximate surface area is 365 Å². The molecule has 1 aromatic heterocycles. The summed E-state index contributed by atoms with van der Waals surface area (Å²) in [6, 6.07) is 72.0. The van der Waals surface area contributed by atoms with Crippen LogP contribution in [0.2, 0.25) is 0 Å². The van der Waals surface area contributed by atoms with Crippen molar-refractivity contribution in [3.8, 4) is 44.5 Å². The molecule has 0 amide bonds. The Bertz CT molecular complexity index is 3780. The number of allylic oxidation sites excluding steroid dienone is 2. The SMILES string of the molecule is C=C/C=C\c1c(C)c(-c2cccc3c2sc2cccc(-c4c5ccccc5c(-c5ccc6ccccc6c5)c5ccccc45)c23)c2ccccc2c1-c1ccc2ccccc2c1. The highest BCUT2D eigenvalue weighted by molar-refractivity contribution is 7.26. The van der Waals surface area contributed by atoms with Crippen LogP contribution in [-0.4, -0.2) is 0 Å². The number of fused-ring (bicyclic) bond motifs is 8. The summed E-state index contributed by atoms with van der Waals surface area (Å²) in [5.41, 5.74) is 12.6. The van der Waals surface area contributed by atoms with Crippen LogP contribution in [0.5, 0.6) is 0 Å². The molecule has 1 heteroatoms. The van der Waals surface area contributed by atoms with Crippen LogP contribution in [0.15, 0.2) is 213 Å². The first-order valence-electron chi connectivity index (χ1n) is 21.4. The third-order valence-electron chi connectivity index (χ3n) is 13.0. The molecule has 62 heavy (non-hydrogen) atoms. The molecular formula is C61H40S. The molecule has 0 aliphatic rings. The minimum absolute atomic E-state index is 1.22. The van der Waals surface area contributed by atoms with Gasteiger partial charge in [0.2, 0.25) is 0 Å². The molecule has 1 heterocycles. The molecule has 0 saturated carbocycles. The lowest BCUT2D eigenvalue weighted by molar-refractivity contribution is 1.46. The fourth-order valence-electron chi connectivity index (χ4n) is 10.3. The molecule has 0 nitrogen and oxygen atoms in total. The van der Waals surface area contributed by atoms with Gasteiger partial charge >= 0.3 is 0 Å². The third-order valence-corrected chi connectivity index (χ3v) is 14.2. The summed E-state index contributed by atoms with van der Waals surface area (Å²) in [7, 11) is 0. The lowest BCUT2D eigenvalue weighted by Gasteiger charge is -2.20. The van der Waals surface area contributed by atoms with Gasteiger partial charge in [0.25, 0.3) is 0 Å². The van der Waals surface area contributed by atoms with E-state index in [9.17, 15) is 0 Å². The first-order valence-corrected chi connectivity index (χ1v) is 22.2. The first kappa shape index (κ1) is 36.3. The second kappa shape index (κ2) is 14.6. The Morgan fingerprint density at radius 1 is 0.403 bits per heavy atom. The van der Waals surface area contributed by atoms with Crippen molar-refractivity contribution in [1.82, 2.24) is 0 Å². The summed E-state index contributed by atoms with van der Waals surface area (Å²) in [5, 5.41) is 15.2. The van der Waals surface area contributed by atoms with Crippen LogP contribution in [0, 0.1) is 6.92 Å². The van der Waals surface area contributed by atoms with Gasteiger partial charge in [0.05, 0.1) is 0 Å². The van der Waals surface area contributed by atoms with Crippen molar-refractivity contribution in [2.24, 2.45) is 0 Å². The average Bonchev–Trinajstić information content (AvgIpc) is 3.72. The zero-order valence-corrected chi connectivity index (χ0v) is 35.1. The van der Waals surface area contributed by atoms with Gasteiger partial charge in [-0.1, -0.05) is 201 Å². The molecule has 0 aliphatic heterocycles. The predicted octanol–water partition coefficient (Wildman–Crippen LogP) is 18.0. The van der Waals surface area contributed by atoms with Gasteiger partial charge in [0.1, 0.15) is 0 Å². The summed E-state index contributed by atoms with van der Waals surface area (Å²) < 4.78 is 2.60. The summed E-state index contributed by atoms with van der Waals surface area (Å²) >= 11 is 1.91. The molecular weight excluding hydrogens is 765 g/mol. The molecule has 0 unspecified atom stereocenters. The normalized spacial score (nSPS) is 12.0. The van der Waals surface area contributed by atoms with Crippen LogP contribution >= 0.6 is 11.3 Å². The second-order valence-corrected chi connectivity index (χ2v) is 17.4. The molecule has 11 aromatic carbocycles. The lowest BCUT2D eigenvalue weighted by atomic mass is 9.83. The van der Waals surface area contributed by atoms with Crippen LogP contribution < -0.4 is 0 Å². The van der Waals surface area contributed by atoms with Gasteiger partial charge in [0.15, 0.2) is 0 Å². The van der Waals surface area contributed by atoms with Crippen molar-refractivity contribution in [3.63, 3.8) is 0 Å². The number of benzene rings is 11. The molecule has 0 atom stereocenters. The van der Waals surface area contributed by atoms with E-state index in [4.69, 9.17) is 0 Å². The predicted molar refractivity (Wildman–Crippen MR) is 273 cm³/mol. The number of thiophene rings is 1.